The van der Waals surface area contributed by atoms with Crippen LogP contribution in [-0.4, -0.2) is 10.2 Å². The Bertz CT molecular complexity index is 2120. The van der Waals surface area contributed by atoms with Crippen LogP contribution in [0.1, 0.15) is 22.3 Å². The molecule has 4 heteroatoms. The number of benzene rings is 6. The molecule has 0 N–H and O–H groups in total. The third kappa shape index (κ3) is 3.54. The van der Waals surface area contributed by atoms with Crippen molar-refractivity contribution in [1.29, 1.82) is 0 Å². The number of fused-ring (bicyclic) bond motifs is 9. The average molecular weight is 569 g/mol. The topological polar surface area (TPSA) is 35.0 Å². The van der Waals surface area contributed by atoms with Crippen LogP contribution in [0.3, 0.4) is 0 Å². The summed E-state index contributed by atoms with van der Waals surface area (Å²) in [5, 5.41) is 10.8. The lowest BCUT2D eigenvalue weighted by Crippen LogP contribution is -2.32. The van der Waals surface area contributed by atoms with Crippen molar-refractivity contribution in [2.45, 2.75) is 5.41 Å². The summed E-state index contributed by atoms with van der Waals surface area (Å²) in [5.41, 5.74) is 11.5. The molecule has 1 aromatic heterocycles. The number of ether oxygens (including phenoxy) is 1. The van der Waals surface area contributed by atoms with Crippen LogP contribution in [0, 0.1) is 0 Å². The zero-order chi connectivity index (χ0) is 28.4. The fourth-order valence-electron chi connectivity index (χ4n) is 6.88. The first-order valence-electron chi connectivity index (χ1n) is 14.4. The van der Waals surface area contributed by atoms with E-state index in [1.54, 1.807) is 11.3 Å². The summed E-state index contributed by atoms with van der Waals surface area (Å²) in [5.74, 6) is 1.80. The highest BCUT2D eigenvalue weighted by Gasteiger charge is 2.50. The summed E-state index contributed by atoms with van der Waals surface area (Å²) < 4.78 is 6.59. The molecule has 1 aliphatic heterocycles. The molecule has 6 aromatic carbocycles. The summed E-state index contributed by atoms with van der Waals surface area (Å²) >= 11 is 1.61. The molecule has 0 radical (unpaired) electrons. The number of nitrogens with zero attached hydrogens (tertiary/aromatic N) is 2. The van der Waals surface area contributed by atoms with Crippen molar-refractivity contribution in [3.8, 4) is 54.9 Å². The van der Waals surface area contributed by atoms with E-state index in [2.05, 4.69) is 138 Å². The fourth-order valence-corrected chi connectivity index (χ4v) is 7.73. The summed E-state index contributed by atoms with van der Waals surface area (Å²) in [6.07, 6.45) is 0. The molecule has 0 amide bonds. The van der Waals surface area contributed by atoms with Crippen LogP contribution in [0.2, 0.25) is 0 Å². The minimum Gasteiger partial charge on any atom is -0.457 e. The summed E-state index contributed by atoms with van der Waals surface area (Å²) in [7, 11) is 0. The molecule has 7 aromatic rings. The monoisotopic (exact) mass is 568 g/mol. The fraction of sp³-hybridized carbons (Fsp3) is 0.0256. The van der Waals surface area contributed by atoms with Gasteiger partial charge in [-0.3, -0.25) is 0 Å². The van der Waals surface area contributed by atoms with Gasteiger partial charge in [0, 0.05) is 22.3 Å². The third-order valence-corrected chi connectivity index (χ3v) is 9.78. The molecule has 0 unspecified atom stereocenters. The van der Waals surface area contributed by atoms with Crippen molar-refractivity contribution in [3.63, 3.8) is 0 Å². The lowest BCUT2D eigenvalue weighted by Gasteiger charge is -2.39. The maximum absolute atomic E-state index is 6.59. The highest BCUT2D eigenvalue weighted by atomic mass is 32.1. The van der Waals surface area contributed by atoms with E-state index in [-0.39, 0.29) is 0 Å². The van der Waals surface area contributed by atoms with Crippen LogP contribution >= 0.6 is 11.3 Å². The highest BCUT2D eigenvalue weighted by molar-refractivity contribution is 7.17. The lowest BCUT2D eigenvalue weighted by atomic mass is 9.66. The van der Waals surface area contributed by atoms with Gasteiger partial charge < -0.3 is 4.74 Å². The first-order valence-corrected chi connectivity index (χ1v) is 15.2. The van der Waals surface area contributed by atoms with E-state index in [0.717, 1.165) is 43.8 Å². The van der Waals surface area contributed by atoms with Gasteiger partial charge in [0.15, 0.2) is 0 Å². The molecular weight excluding hydrogens is 545 g/mol. The molecule has 0 atom stereocenters. The lowest BCUT2D eigenvalue weighted by molar-refractivity contribution is 0.436. The largest absolute Gasteiger partial charge is 0.457 e. The minimum absolute atomic E-state index is 0.465. The second kappa shape index (κ2) is 9.35. The number of hydrogen-bond acceptors (Lipinski definition) is 4. The zero-order valence-corrected chi connectivity index (χ0v) is 23.9. The van der Waals surface area contributed by atoms with Crippen molar-refractivity contribution in [2.75, 3.05) is 0 Å². The van der Waals surface area contributed by atoms with Gasteiger partial charge in [-0.15, -0.1) is 10.2 Å². The summed E-state index contributed by atoms with van der Waals surface area (Å²) in [6.45, 7) is 0. The predicted octanol–water partition coefficient (Wildman–Crippen LogP) is 10.0. The van der Waals surface area contributed by atoms with Gasteiger partial charge in [0.25, 0.3) is 0 Å². The van der Waals surface area contributed by atoms with Gasteiger partial charge in [-0.1, -0.05) is 139 Å². The van der Waals surface area contributed by atoms with Crippen LogP contribution in [0.15, 0.2) is 146 Å². The molecule has 9 rings (SSSR count). The van der Waals surface area contributed by atoms with Gasteiger partial charge in [-0.25, -0.2) is 0 Å². The first-order chi connectivity index (χ1) is 21.3. The van der Waals surface area contributed by atoms with Crippen LogP contribution in [0.5, 0.6) is 11.5 Å². The van der Waals surface area contributed by atoms with E-state index < -0.39 is 5.41 Å². The number of para-hydroxylation sites is 1. The van der Waals surface area contributed by atoms with Gasteiger partial charge in [0.2, 0.25) is 0 Å². The molecular formula is C39H24N2OS. The van der Waals surface area contributed by atoms with E-state index in [1.165, 1.54) is 33.4 Å². The Morgan fingerprint density at radius 2 is 0.930 bits per heavy atom. The van der Waals surface area contributed by atoms with E-state index >= 15 is 0 Å². The van der Waals surface area contributed by atoms with Crippen molar-refractivity contribution < 1.29 is 4.74 Å². The maximum atomic E-state index is 6.59. The Balaban J connectivity index is 1.18. The van der Waals surface area contributed by atoms with E-state index in [1.807, 2.05) is 18.2 Å². The van der Waals surface area contributed by atoms with Crippen LogP contribution in [0.25, 0.3) is 43.4 Å². The molecule has 3 nitrogen and oxygen atoms in total. The zero-order valence-electron chi connectivity index (χ0n) is 23.1. The van der Waals surface area contributed by atoms with Crippen molar-refractivity contribution in [2.24, 2.45) is 0 Å². The van der Waals surface area contributed by atoms with E-state index in [0.29, 0.717) is 0 Å². The Kier molecular flexibility index (Phi) is 5.28. The summed E-state index contributed by atoms with van der Waals surface area (Å²) in [4.78, 5) is 0. The third-order valence-electron chi connectivity index (χ3n) is 8.76. The Morgan fingerprint density at radius 1 is 0.419 bits per heavy atom. The average Bonchev–Trinajstić information content (AvgIpc) is 3.69. The van der Waals surface area contributed by atoms with Crippen molar-refractivity contribution in [3.05, 3.63) is 168 Å². The van der Waals surface area contributed by atoms with Gasteiger partial charge in [-0.05, 0) is 51.6 Å². The first kappa shape index (κ1) is 24.3. The van der Waals surface area contributed by atoms with Crippen LogP contribution in [0.4, 0.5) is 0 Å². The maximum Gasteiger partial charge on any atom is 0.148 e. The van der Waals surface area contributed by atoms with Gasteiger partial charge in [0.1, 0.15) is 21.5 Å². The van der Waals surface area contributed by atoms with Crippen molar-refractivity contribution >= 4 is 11.3 Å². The molecule has 0 fully saturated rings. The second-order valence-electron chi connectivity index (χ2n) is 11.0. The highest BCUT2D eigenvalue weighted by Crippen LogP contribution is 2.62. The smallest absolute Gasteiger partial charge is 0.148 e. The van der Waals surface area contributed by atoms with E-state index in [9.17, 15) is 0 Å². The molecule has 0 saturated heterocycles. The standard InChI is InChI=1S/C39H24N2OS/c1-2-10-26(11-3-1)37-40-41-38(43-37)27-20-18-25(19-21-27)28-22-23-36-34(24-28)39(33-16-8-9-17-35(33)42-36)31-14-6-4-12-29(31)30-13-5-7-15-32(30)39/h1-24H. The number of rotatable bonds is 3. The quantitative estimate of drug-likeness (QED) is 0.213. The SMILES string of the molecule is c1ccc(-c2nnc(-c3ccc(-c4ccc5c(c4)C4(c6ccccc6O5)c5ccccc5-c5ccccc54)cc3)s2)cc1. The molecule has 2 aliphatic rings. The second-order valence-corrected chi connectivity index (χ2v) is 12.0. The van der Waals surface area contributed by atoms with Gasteiger partial charge in [-0.2, -0.15) is 0 Å². The van der Waals surface area contributed by atoms with Crippen LogP contribution in [-0.2, 0) is 5.41 Å². The Hall–Kier alpha value is -5.32. The number of hydrogen-bond donors (Lipinski definition) is 0. The molecule has 0 saturated carbocycles. The Labute approximate surface area is 253 Å². The summed E-state index contributed by atoms with van der Waals surface area (Å²) in [6, 6.07) is 51.7. The minimum atomic E-state index is -0.465. The van der Waals surface area contributed by atoms with Crippen molar-refractivity contribution in [1.82, 2.24) is 10.2 Å². The Morgan fingerprint density at radius 3 is 1.63 bits per heavy atom. The molecule has 202 valence electrons. The van der Waals surface area contributed by atoms with E-state index in [4.69, 9.17) is 4.74 Å². The molecule has 1 aliphatic carbocycles. The number of aromatic nitrogens is 2. The normalized spacial score (nSPS) is 13.5. The van der Waals surface area contributed by atoms with Gasteiger partial charge in [0.05, 0.1) is 5.41 Å². The molecule has 43 heavy (non-hydrogen) atoms. The predicted molar refractivity (Wildman–Crippen MR) is 174 cm³/mol. The molecule has 0 bridgehead atoms. The van der Waals surface area contributed by atoms with Gasteiger partial charge >= 0.3 is 0 Å². The molecule has 1 spiro atoms. The van der Waals surface area contributed by atoms with Crippen LogP contribution < -0.4 is 4.74 Å². The molecule has 2 heterocycles.